The molecule has 0 saturated carbocycles. The summed E-state index contributed by atoms with van der Waals surface area (Å²) in [4.78, 5) is 27.4. The quantitative estimate of drug-likeness (QED) is 0.522. The van der Waals surface area contributed by atoms with Crippen molar-refractivity contribution in [3.63, 3.8) is 0 Å². The van der Waals surface area contributed by atoms with Gasteiger partial charge in [-0.1, -0.05) is 18.2 Å². The van der Waals surface area contributed by atoms with Crippen LogP contribution in [0, 0.1) is 0 Å². The summed E-state index contributed by atoms with van der Waals surface area (Å²) in [6.45, 7) is 0. The van der Waals surface area contributed by atoms with Crippen LogP contribution in [0.1, 0.15) is 15.2 Å². The molecule has 2 aromatic heterocycles. The van der Waals surface area contributed by atoms with Gasteiger partial charge in [-0.2, -0.15) is 0 Å². The maximum Gasteiger partial charge on any atom is 0.326 e. The number of carbonyl (C=O) groups is 2. The van der Waals surface area contributed by atoms with Gasteiger partial charge in [-0.15, -0.1) is 11.3 Å². The van der Waals surface area contributed by atoms with Crippen molar-refractivity contribution in [1.82, 2.24) is 10.3 Å². The molecule has 0 spiro atoms. The Hall–Kier alpha value is -1.64. The zero-order chi connectivity index (χ0) is 17.3. The molecule has 0 aliphatic rings. The average Bonchev–Trinajstić information content (AvgIpc) is 3.11. The maximum absolute atomic E-state index is 12.3. The summed E-state index contributed by atoms with van der Waals surface area (Å²) in [7, 11) is 0. The lowest BCUT2D eigenvalue weighted by Gasteiger charge is -2.13. The molecule has 0 fully saturated rings. The van der Waals surface area contributed by atoms with E-state index in [1.54, 1.807) is 12.3 Å². The molecular weight excluding hydrogens is 460 g/mol. The Balaban J connectivity index is 1.80. The third-order valence-corrected chi connectivity index (χ3v) is 6.83. The number of hydrogen-bond acceptors (Lipinski definition) is 3. The van der Waals surface area contributed by atoms with Gasteiger partial charge in [-0.3, -0.25) is 4.79 Å². The van der Waals surface area contributed by atoms with Gasteiger partial charge in [-0.25, -0.2) is 4.79 Å². The van der Waals surface area contributed by atoms with Crippen molar-refractivity contribution in [2.24, 2.45) is 0 Å². The second kappa shape index (κ2) is 7.08. The number of benzene rings is 1. The fourth-order valence-electron chi connectivity index (χ4n) is 2.41. The number of carboxylic acid groups (broad SMARTS) is 1. The van der Waals surface area contributed by atoms with Crippen LogP contribution < -0.4 is 5.32 Å². The van der Waals surface area contributed by atoms with E-state index in [9.17, 15) is 14.7 Å². The molecule has 1 amide bonds. The highest BCUT2D eigenvalue weighted by molar-refractivity contribution is 9.13. The van der Waals surface area contributed by atoms with Crippen LogP contribution in [0.5, 0.6) is 0 Å². The molecule has 1 atom stereocenters. The first kappa shape index (κ1) is 17.2. The zero-order valence-electron chi connectivity index (χ0n) is 12.2. The standard InChI is InChI=1S/C16H12Br2N2O3S/c17-10-6-13(24-14(10)18)15(21)20-12(16(22)23)5-8-7-19-11-4-2-1-3-9(8)11/h1-4,6-7,12,19H,5H2,(H,20,21)(H,22,23). The van der Waals surface area contributed by atoms with Crippen LogP contribution in [-0.2, 0) is 11.2 Å². The lowest BCUT2D eigenvalue weighted by Crippen LogP contribution is -2.42. The molecule has 0 saturated heterocycles. The van der Waals surface area contributed by atoms with E-state index in [4.69, 9.17) is 0 Å². The lowest BCUT2D eigenvalue weighted by atomic mass is 10.0. The number of carbonyl (C=O) groups excluding carboxylic acids is 1. The monoisotopic (exact) mass is 470 g/mol. The van der Waals surface area contributed by atoms with Crippen molar-refractivity contribution >= 4 is 66.0 Å². The number of amides is 1. The Morgan fingerprint density at radius 2 is 2.04 bits per heavy atom. The van der Waals surface area contributed by atoms with Gasteiger partial charge in [0.1, 0.15) is 6.04 Å². The maximum atomic E-state index is 12.3. The van der Waals surface area contributed by atoms with Crippen molar-refractivity contribution in [3.8, 4) is 0 Å². The lowest BCUT2D eigenvalue weighted by molar-refractivity contribution is -0.139. The van der Waals surface area contributed by atoms with Gasteiger partial charge in [-0.05, 0) is 49.6 Å². The van der Waals surface area contributed by atoms with Gasteiger partial charge in [0.2, 0.25) is 0 Å². The van der Waals surface area contributed by atoms with Crippen molar-refractivity contribution in [1.29, 1.82) is 0 Å². The van der Waals surface area contributed by atoms with Gasteiger partial charge in [0, 0.05) is 28.0 Å². The van der Waals surface area contributed by atoms with Crippen LogP contribution in [0.15, 0.2) is 44.8 Å². The second-order valence-corrected chi connectivity index (χ2v) is 8.38. The molecule has 124 valence electrons. The third kappa shape index (κ3) is 3.55. The fourth-order valence-corrected chi connectivity index (χ4v) is 4.35. The summed E-state index contributed by atoms with van der Waals surface area (Å²) in [6, 6.07) is 8.31. The number of rotatable bonds is 5. The number of aliphatic carboxylic acids is 1. The first-order valence-electron chi connectivity index (χ1n) is 6.99. The minimum atomic E-state index is -1.07. The first-order chi connectivity index (χ1) is 11.5. The second-order valence-electron chi connectivity index (χ2n) is 5.16. The molecule has 5 nitrogen and oxygen atoms in total. The summed E-state index contributed by atoms with van der Waals surface area (Å²) in [5.41, 5.74) is 1.79. The predicted molar refractivity (Wildman–Crippen MR) is 101 cm³/mol. The number of para-hydroxylation sites is 1. The molecule has 3 rings (SSSR count). The fraction of sp³-hybridized carbons (Fsp3) is 0.125. The number of aromatic nitrogens is 1. The Morgan fingerprint density at radius 3 is 2.71 bits per heavy atom. The van der Waals surface area contributed by atoms with Crippen LogP contribution in [0.25, 0.3) is 10.9 Å². The van der Waals surface area contributed by atoms with E-state index in [1.807, 2.05) is 24.3 Å². The number of halogens is 2. The molecule has 3 N–H and O–H groups in total. The van der Waals surface area contributed by atoms with Crippen molar-refractivity contribution < 1.29 is 14.7 Å². The Morgan fingerprint density at radius 1 is 1.29 bits per heavy atom. The van der Waals surface area contributed by atoms with Crippen LogP contribution in [0.4, 0.5) is 0 Å². The van der Waals surface area contributed by atoms with E-state index in [1.165, 1.54) is 11.3 Å². The Labute approximate surface area is 158 Å². The van der Waals surface area contributed by atoms with Gasteiger partial charge in [0.15, 0.2) is 0 Å². The number of nitrogens with one attached hydrogen (secondary N) is 2. The van der Waals surface area contributed by atoms with E-state index in [0.29, 0.717) is 4.88 Å². The molecule has 0 radical (unpaired) electrons. The van der Waals surface area contributed by atoms with Crippen LogP contribution >= 0.6 is 43.2 Å². The van der Waals surface area contributed by atoms with Gasteiger partial charge >= 0.3 is 5.97 Å². The summed E-state index contributed by atoms with van der Waals surface area (Å²) in [6.07, 6.45) is 1.99. The molecule has 0 aliphatic heterocycles. The Kier molecular flexibility index (Phi) is 5.07. The minimum absolute atomic E-state index is 0.207. The first-order valence-corrected chi connectivity index (χ1v) is 9.39. The highest BCUT2D eigenvalue weighted by Crippen LogP contribution is 2.32. The van der Waals surface area contributed by atoms with Gasteiger partial charge in [0.05, 0.1) is 8.66 Å². The van der Waals surface area contributed by atoms with Crippen molar-refractivity contribution in [2.45, 2.75) is 12.5 Å². The number of hydrogen-bond donors (Lipinski definition) is 3. The molecule has 3 aromatic rings. The summed E-state index contributed by atoms with van der Waals surface area (Å²) < 4.78 is 1.55. The highest BCUT2D eigenvalue weighted by atomic mass is 79.9. The predicted octanol–water partition coefficient (Wildman–Crippen LogP) is 4.18. The smallest absolute Gasteiger partial charge is 0.326 e. The highest BCUT2D eigenvalue weighted by Gasteiger charge is 2.23. The molecule has 24 heavy (non-hydrogen) atoms. The van der Waals surface area contributed by atoms with E-state index in [0.717, 1.165) is 24.7 Å². The number of aromatic amines is 1. The van der Waals surface area contributed by atoms with Crippen LogP contribution in [0.2, 0.25) is 0 Å². The average molecular weight is 472 g/mol. The Bertz CT molecular complexity index is 900. The topological polar surface area (TPSA) is 82.2 Å². The minimum Gasteiger partial charge on any atom is -0.480 e. The molecule has 1 unspecified atom stereocenters. The SMILES string of the molecule is O=C(NC(Cc1c[nH]c2ccccc12)C(=O)O)c1cc(Br)c(Br)s1. The van der Waals surface area contributed by atoms with Crippen LogP contribution in [0.3, 0.4) is 0 Å². The summed E-state index contributed by atoms with van der Waals surface area (Å²) in [5, 5.41) is 13.0. The largest absolute Gasteiger partial charge is 0.480 e. The number of H-pyrrole nitrogens is 1. The number of thiophene rings is 1. The van der Waals surface area contributed by atoms with E-state index in [-0.39, 0.29) is 6.42 Å². The molecule has 1 aromatic carbocycles. The van der Waals surface area contributed by atoms with E-state index < -0.39 is 17.9 Å². The zero-order valence-corrected chi connectivity index (χ0v) is 16.2. The number of fused-ring (bicyclic) bond motifs is 1. The van der Waals surface area contributed by atoms with Gasteiger partial charge < -0.3 is 15.4 Å². The normalized spacial score (nSPS) is 12.2. The van der Waals surface area contributed by atoms with Gasteiger partial charge in [0.25, 0.3) is 5.91 Å². The van der Waals surface area contributed by atoms with Crippen LogP contribution in [-0.4, -0.2) is 28.0 Å². The molecule has 2 heterocycles. The molecule has 0 bridgehead atoms. The van der Waals surface area contributed by atoms with E-state index >= 15 is 0 Å². The molecular formula is C16H12Br2N2O3S. The third-order valence-electron chi connectivity index (χ3n) is 3.57. The molecule has 0 aliphatic carbocycles. The summed E-state index contributed by atoms with van der Waals surface area (Å²) >= 11 is 7.89. The number of carboxylic acids is 1. The van der Waals surface area contributed by atoms with E-state index in [2.05, 4.69) is 42.2 Å². The summed E-state index contributed by atoms with van der Waals surface area (Å²) in [5.74, 6) is -1.47. The van der Waals surface area contributed by atoms with Crippen molar-refractivity contribution in [3.05, 3.63) is 55.2 Å². The van der Waals surface area contributed by atoms with Crippen molar-refractivity contribution in [2.75, 3.05) is 0 Å². The molecule has 8 heteroatoms.